The average molecular weight is 210 g/mol. The molecule has 0 aromatic rings. The average Bonchev–Trinajstić information content (AvgIpc) is 2.58. The number of hydrogen-bond acceptors (Lipinski definition) is 2. The van der Waals surface area contributed by atoms with Crippen LogP contribution in [-0.2, 0) is 4.79 Å². The van der Waals surface area contributed by atoms with Crippen LogP contribution < -0.4 is 5.32 Å². The van der Waals surface area contributed by atoms with Gasteiger partial charge in [0.25, 0.3) is 0 Å². The van der Waals surface area contributed by atoms with Crippen molar-refractivity contribution in [3.05, 3.63) is 0 Å². The zero-order valence-corrected chi connectivity index (χ0v) is 10.0. The van der Waals surface area contributed by atoms with Gasteiger partial charge in [-0.05, 0) is 25.8 Å². The number of carbonyl (C=O) groups is 1. The first-order valence-corrected chi connectivity index (χ1v) is 6.04. The van der Waals surface area contributed by atoms with Crippen LogP contribution in [0.25, 0.3) is 0 Å². The number of fused-ring (bicyclic) bond motifs is 1. The van der Waals surface area contributed by atoms with Crippen molar-refractivity contribution in [2.75, 3.05) is 13.1 Å². The SMILES string of the molecule is CC(C)(C)C(=O)N1CCC2NCCCC21. The van der Waals surface area contributed by atoms with Crippen molar-refractivity contribution in [3.8, 4) is 0 Å². The summed E-state index contributed by atoms with van der Waals surface area (Å²) in [5, 5.41) is 3.52. The fourth-order valence-electron chi connectivity index (χ4n) is 2.73. The van der Waals surface area contributed by atoms with E-state index in [-0.39, 0.29) is 5.41 Å². The molecule has 2 heterocycles. The Hall–Kier alpha value is -0.570. The van der Waals surface area contributed by atoms with Gasteiger partial charge in [0.1, 0.15) is 0 Å². The van der Waals surface area contributed by atoms with E-state index in [9.17, 15) is 4.79 Å². The molecule has 0 bridgehead atoms. The zero-order chi connectivity index (χ0) is 11.1. The lowest BCUT2D eigenvalue weighted by atomic mass is 9.93. The number of amides is 1. The molecular formula is C12H22N2O. The monoisotopic (exact) mass is 210 g/mol. The van der Waals surface area contributed by atoms with E-state index in [2.05, 4.69) is 10.2 Å². The van der Waals surface area contributed by atoms with Crippen LogP contribution in [0.3, 0.4) is 0 Å². The molecule has 3 nitrogen and oxygen atoms in total. The molecule has 2 aliphatic heterocycles. The molecule has 2 rings (SSSR count). The topological polar surface area (TPSA) is 32.3 Å². The van der Waals surface area contributed by atoms with Crippen LogP contribution in [0, 0.1) is 5.41 Å². The molecule has 1 amide bonds. The molecule has 86 valence electrons. The quantitative estimate of drug-likeness (QED) is 0.655. The third kappa shape index (κ3) is 2.03. The highest BCUT2D eigenvalue weighted by Crippen LogP contribution is 2.29. The molecule has 2 saturated heterocycles. The van der Waals surface area contributed by atoms with Gasteiger partial charge >= 0.3 is 0 Å². The van der Waals surface area contributed by atoms with E-state index in [0.717, 1.165) is 19.5 Å². The Balaban J connectivity index is 2.08. The second-order valence-corrected chi connectivity index (χ2v) is 5.81. The van der Waals surface area contributed by atoms with Gasteiger partial charge in [-0.2, -0.15) is 0 Å². The summed E-state index contributed by atoms with van der Waals surface area (Å²) >= 11 is 0. The molecule has 2 unspecified atom stereocenters. The molecule has 1 N–H and O–H groups in total. The summed E-state index contributed by atoms with van der Waals surface area (Å²) in [6.07, 6.45) is 3.51. The first kappa shape index (κ1) is 10.9. The van der Waals surface area contributed by atoms with E-state index in [4.69, 9.17) is 0 Å². The van der Waals surface area contributed by atoms with Crippen molar-refractivity contribution >= 4 is 5.91 Å². The molecule has 15 heavy (non-hydrogen) atoms. The number of piperidine rings is 1. The minimum atomic E-state index is -0.230. The molecule has 0 aromatic heterocycles. The van der Waals surface area contributed by atoms with Crippen LogP contribution in [0.2, 0.25) is 0 Å². The third-order valence-electron chi connectivity index (χ3n) is 3.53. The van der Waals surface area contributed by atoms with E-state index in [1.807, 2.05) is 20.8 Å². The Morgan fingerprint density at radius 1 is 1.33 bits per heavy atom. The van der Waals surface area contributed by atoms with Crippen LogP contribution in [0.15, 0.2) is 0 Å². The Kier molecular flexibility index (Phi) is 2.75. The lowest BCUT2D eigenvalue weighted by molar-refractivity contribution is -0.140. The lowest BCUT2D eigenvalue weighted by Crippen LogP contribution is -2.50. The van der Waals surface area contributed by atoms with E-state index < -0.39 is 0 Å². The van der Waals surface area contributed by atoms with Crippen molar-refractivity contribution in [1.29, 1.82) is 0 Å². The second-order valence-electron chi connectivity index (χ2n) is 5.81. The van der Waals surface area contributed by atoms with Gasteiger partial charge in [0.2, 0.25) is 5.91 Å². The molecule has 3 heteroatoms. The van der Waals surface area contributed by atoms with Gasteiger partial charge in [-0.1, -0.05) is 20.8 Å². The number of nitrogens with zero attached hydrogens (tertiary/aromatic N) is 1. The van der Waals surface area contributed by atoms with Gasteiger partial charge in [-0.15, -0.1) is 0 Å². The second kappa shape index (κ2) is 3.78. The van der Waals surface area contributed by atoms with E-state index in [0.29, 0.717) is 18.0 Å². The Bertz CT molecular complexity index is 257. The summed E-state index contributed by atoms with van der Waals surface area (Å²) in [7, 11) is 0. The van der Waals surface area contributed by atoms with E-state index in [1.54, 1.807) is 0 Å². The minimum absolute atomic E-state index is 0.230. The predicted molar refractivity (Wildman–Crippen MR) is 60.6 cm³/mol. The van der Waals surface area contributed by atoms with Crippen LogP contribution in [0.1, 0.15) is 40.0 Å². The molecule has 2 atom stereocenters. The Morgan fingerprint density at radius 2 is 2.07 bits per heavy atom. The molecule has 2 fully saturated rings. The summed E-state index contributed by atoms with van der Waals surface area (Å²) in [5.74, 6) is 0.318. The highest BCUT2D eigenvalue weighted by molar-refractivity contribution is 5.82. The molecule has 2 aliphatic rings. The summed E-state index contributed by atoms with van der Waals surface area (Å²) in [4.78, 5) is 14.3. The highest BCUT2D eigenvalue weighted by Gasteiger charge is 2.41. The van der Waals surface area contributed by atoms with Crippen molar-refractivity contribution in [3.63, 3.8) is 0 Å². The van der Waals surface area contributed by atoms with Crippen molar-refractivity contribution in [2.24, 2.45) is 5.41 Å². The molecular weight excluding hydrogens is 188 g/mol. The molecule has 0 radical (unpaired) electrons. The highest BCUT2D eigenvalue weighted by atomic mass is 16.2. The largest absolute Gasteiger partial charge is 0.338 e. The fourth-order valence-corrected chi connectivity index (χ4v) is 2.73. The maximum absolute atomic E-state index is 12.2. The van der Waals surface area contributed by atoms with Gasteiger partial charge in [-0.3, -0.25) is 4.79 Å². The summed E-state index contributed by atoms with van der Waals surface area (Å²) in [6.45, 7) is 8.11. The van der Waals surface area contributed by atoms with Gasteiger partial charge in [-0.25, -0.2) is 0 Å². The van der Waals surface area contributed by atoms with Crippen LogP contribution >= 0.6 is 0 Å². The van der Waals surface area contributed by atoms with Gasteiger partial charge < -0.3 is 10.2 Å². The third-order valence-corrected chi connectivity index (χ3v) is 3.53. The minimum Gasteiger partial charge on any atom is -0.338 e. The van der Waals surface area contributed by atoms with Gasteiger partial charge in [0, 0.05) is 24.0 Å². The lowest BCUT2D eigenvalue weighted by Gasteiger charge is -2.35. The maximum Gasteiger partial charge on any atom is 0.228 e. The van der Waals surface area contributed by atoms with Gasteiger partial charge in [0.05, 0.1) is 0 Å². The summed E-state index contributed by atoms with van der Waals surface area (Å²) < 4.78 is 0. The fraction of sp³-hybridized carbons (Fsp3) is 0.917. The van der Waals surface area contributed by atoms with E-state index >= 15 is 0 Å². The van der Waals surface area contributed by atoms with Crippen LogP contribution in [0.5, 0.6) is 0 Å². The van der Waals surface area contributed by atoms with Crippen molar-refractivity contribution in [1.82, 2.24) is 10.2 Å². The number of hydrogen-bond donors (Lipinski definition) is 1. The zero-order valence-electron chi connectivity index (χ0n) is 10.0. The van der Waals surface area contributed by atoms with E-state index in [1.165, 1.54) is 12.8 Å². The first-order chi connectivity index (χ1) is 7.00. The number of carbonyl (C=O) groups excluding carboxylic acids is 1. The smallest absolute Gasteiger partial charge is 0.228 e. The first-order valence-electron chi connectivity index (χ1n) is 6.04. The number of rotatable bonds is 0. The maximum atomic E-state index is 12.2. The summed E-state index contributed by atoms with van der Waals surface area (Å²) in [5.41, 5.74) is -0.230. The normalized spacial score (nSPS) is 31.5. The number of nitrogens with one attached hydrogen (secondary N) is 1. The van der Waals surface area contributed by atoms with Crippen molar-refractivity contribution < 1.29 is 4.79 Å². The Morgan fingerprint density at radius 3 is 2.73 bits per heavy atom. The predicted octanol–water partition coefficient (Wildman–Crippen LogP) is 1.39. The summed E-state index contributed by atoms with van der Waals surface area (Å²) in [6, 6.07) is 1.02. The number of likely N-dealkylation sites (tertiary alicyclic amines) is 1. The van der Waals surface area contributed by atoms with Crippen LogP contribution in [-0.4, -0.2) is 36.0 Å². The standard InChI is InChI=1S/C12H22N2O/c1-12(2,3)11(15)14-8-6-9-10(14)5-4-7-13-9/h9-10,13H,4-8H2,1-3H3. The molecule has 0 aliphatic carbocycles. The van der Waals surface area contributed by atoms with Crippen molar-refractivity contribution in [2.45, 2.75) is 52.1 Å². The van der Waals surface area contributed by atoms with Crippen LogP contribution in [0.4, 0.5) is 0 Å². The molecule has 0 aromatic carbocycles. The Labute approximate surface area is 92.2 Å². The molecule has 0 saturated carbocycles. The molecule has 0 spiro atoms. The van der Waals surface area contributed by atoms with Gasteiger partial charge in [0.15, 0.2) is 0 Å².